The molecule has 0 saturated carbocycles. The van der Waals surface area contributed by atoms with E-state index < -0.39 is 6.09 Å². The third kappa shape index (κ3) is 2.14. The van der Waals surface area contributed by atoms with E-state index in [2.05, 4.69) is 19.8 Å². The van der Waals surface area contributed by atoms with Crippen LogP contribution in [0.15, 0.2) is 24.7 Å². The van der Waals surface area contributed by atoms with Crippen LogP contribution in [0.25, 0.3) is 5.82 Å². The average molecular weight is 219 g/mol. The standard InChI is InChI=1S/C9H9N5O2/c1-6-12-5-14(13-6)8-3-2-7(4-11-8)16-9(10)15/h2-5H,1H3,(H2,10,15). The van der Waals surface area contributed by atoms with E-state index >= 15 is 0 Å². The molecular formula is C9H9N5O2. The normalized spacial score (nSPS) is 10.1. The molecule has 2 aromatic rings. The number of pyridine rings is 1. The molecule has 82 valence electrons. The summed E-state index contributed by atoms with van der Waals surface area (Å²) >= 11 is 0. The number of amides is 1. The summed E-state index contributed by atoms with van der Waals surface area (Å²) in [5.41, 5.74) is 4.86. The van der Waals surface area contributed by atoms with E-state index in [1.807, 2.05) is 0 Å². The van der Waals surface area contributed by atoms with Gasteiger partial charge in [-0.25, -0.2) is 19.4 Å². The Kier molecular flexibility index (Phi) is 2.50. The van der Waals surface area contributed by atoms with Gasteiger partial charge in [-0.15, -0.1) is 0 Å². The number of aromatic nitrogens is 4. The molecule has 0 aliphatic rings. The Labute approximate surface area is 90.9 Å². The van der Waals surface area contributed by atoms with Gasteiger partial charge in [0, 0.05) is 0 Å². The second kappa shape index (κ2) is 3.97. The molecule has 7 nitrogen and oxygen atoms in total. The molecule has 0 spiro atoms. The molecule has 0 aliphatic carbocycles. The number of hydrogen-bond donors (Lipinski definition) is 1. The number of carbonyl (C=O) groups excluding carboxylic acids is 1. The van der Waals surface area contributed by atoms with Crippen molar-refractivity contribution >= 4 is 6.09 Å². The lowest BCUT2D eigenvalue weighted by Gasteiger charge is -2.01. The van der Waals surface area contributed by atoms with Crippen LogP contribution in [0.4, 0.5) is 4.79 Å². The molecule has 0 radical (unpaired) electrons. The summed E-state index contributed by atoms with van der Waals surface area (Å²) < 4.78 is 6.16. The van der Waals surface area contributed by atoms with Crippen molar-refractivity contribution in [2.45, 2.75) is 6.92 Å². The van der Waals surface area contributed by atoms with Crippen LogP contribution in [-0.4, -0.2) is 25.8 Å². The monoisotopic (exact) mass is 219 g/mol. The molecule has 0 aliphatic heterocycles. The highest BCUT2D eigenvalue weighted by Gasteiger charge is 2.02. The zero-order valence-corrected chi connectivity index (χ0v) is 8.49. The molecule has 2 rings (SSSR count). The maximum Gasteiger partial charge on any atom is 0.410 e. The van der Waals surface area contributed by atoms with Gasteiger partial charge >= 0.3 is 6.09 Å². The fourth-order valence-corrected chi connectivity index (χ4v) is 1.14. The van der Waals surface area contributed by atoms with Crippen molar-refractivity contribution in [2.75, 3.05) is 0 Å². The summed E-state index contributed by atoms with van der Waals surface area (Å²) in [4.78, 5) is 18.5. The van der Waals surface area contributed by atoms with E-state index in [1.54, 1.807) is 25.4 Å². The van der Waals surface area contributed by atoms with Crippen LogP contribution in [-0.2, 0) is 0 Å². The SMILES string of the molecule is Cc1ncn(-c2ccc(OC(N)=O)cn2)n1. The van der Waals surface area contributed by atoms with Gasteiger partial charge in [-0.05, 0) is 19.1 Å². The summed E-state index contributed by atoms with van der Waals surface area (Å²) in [7, 11) is 0. The molecular weight excluding hydrogens is 210 g/mol. The molecule has 7 heteroatoms. The van der Waals surface area contributed by atoms with Crippen LogP contribution >= 0.6 is 0 Å². The number of aryl methyl sites for hydroxylation is 1. The van der Waals surface area contributed by atoms with Crippen molar-refractivity contribution in [1.82, 2.24) is 19.7 Å². The first-order valence-corrected chi connectivity index (χ1v) is 4.47. The number of nitrogens with two attached hydrogens (primary N) is 1. The first kappa shape index (κ1) is 10.1. The van der Waals surface area contributed by atoms with Gasteiger partial charge in [0.05, 0.1) is 6.20 Å². The van der Waals surface area contributed by atoms with Gasteiger partial charge < -0.3 is 10.5 Å². The lowest BCUT2D eigenvalue weighted by atomic mass is 10.4. The van der Waals surface area contributed by atoms with Crippen molar-refractivity contribution in [1.29, 1.82) is 0 Å². The number of ether oxygens (including phenoxy) is 1. The molecule has 0 unspecified atom stereocenters. The van der Waals surface area contributed by atoms with Crippen molar-refractivity contribution in [3.63, 3.8) is 0 Å². The fraction of sp³-hybridized carbons (Fsp3) is 0.111. The van der Waals surface area contributed by atoms with Crippen molar-refractivity contribution in [3.8, 4) is 11.6 Å². The minimum atomic E-state index is -0.869. The van der Waals surface area contributed by atoms with Crippen LogP contribution in [0.5, 0.6) is 5.75 Å². The maximum atomic E-state index is 10.5. The quantitative estimate of drug-likeness (QED) is 0.789. The summed E-state index contributed by atoms with van der Waals surface area (Å²) in [5, 5.41) is 4.08. The van der Waals surface area contributed by atoms with Crippen LogP contribution in [0.3, 0.4) is 0 Å². The van der Waals surface area contributed by atoms with E-state index in [4.69, 9.17) is 5.73 Å². The highest BCUT2D eigenvalue weighted by Crippen LogP contribution is 2.11. The maximum absolute atomic E-state index is 10.5. The summed E-state index contributed by atoms with van der Waals surface area (Å²) in [5.74, 6) is 1.52. The number of primary amides is 1. The molecule has 0 fully saturated rings. The third-order valence-electron chi connectivity index (χ3n) is 1.78. The molecule has 16 heavy (non-hydrogen) atoms. The van der Waals surface area contributed by atoms with E-state index in [-0.39, 0.29) is 5.75 Å². The largest absolute Gasteiger partial charge is 0.410 e. The third-order valence-corrected chi connectivity index (χ3v) is 1.78. The van der Waals surface area contributed by atoms with Crippen LogP contribution in [0.1, 0.15) is 5.82 Å². The summed E-state index contributed by atoms with van der Waals surface area (Å²) in [6.45, 7) is 1.78. The van der Waals surface area contributed by atoms with E-state index in [0.717, 1.165) is 0 Å². The Hall–Kier alpha value is -2.44. The predicted octanol–water partition coefficient (Wildman–Crippen LogP) is 0.428. The number of hydrogen-bond acceptors (Lipinski definition) is 5. The predicted molar refractivity (Wildman–Crippen MR) is 54.1 cm³/mol. The van der Waals surface area contributed by atoms with E-state index in [9.17, 15) is 4.79 Å². The van der Waals surface area contributed by atoms with Gasteiger partial charge in [-0.1, -0.05) is 0 Å². The highest BCUT2D eigenvalue weighted by molar-refractivity contribution is 5.67. The van der Waals surface area contributed by atoms with Crippen molar-refractivity contribution < 1.29 is 9.53 Å². The number of rotatable bonds is 2. The molecule has 2 N–H and O–H groups in total. The Morgan fingerprint density at radius 1 is 1.44 bits per heavy atom. The first-order valence-electron chi connectivity index (χ1n) is 4.47. The van der Waals surface area contributed by atoms with Crippen molar-refractivity contribution in [2.24, 2.45) is 5.73 Å². The molecule has 2 heterocycles. The highest BCUT2D eigenvalue weighted by atomic mass is 16.5. The smallest absolute Gasteiger partial charge is 0.409 e. The second-order valence-corrected chi connectivity index (χ2v) is 3.01. The topological polar surface area (TPSA) is 95.9 Å². The van der Waals surface area contributed by atoms with E-state index in [1.165, 1.54) is 10.9 Å². The van der Waals surface area contributed by atoms with Crippen LogP contribution < -0.4 is 10.5 Å². The minimum absolute atomic E-state index is 0.285. The Balaban J connectivity index is 2.22. The van der Waals surface area contributed by atoms with Crippen LogP contribution in [0, 0.1) is 6.92 Å². The summed E-state index contributed by atoms with van der Waals surface area (Å²) in [6, 6.07) is 3.22. The minimum Gasteiger partial charge on any atom is -0.409 e. The molecule has 2 aromatic heterocycles. The average Bonchev–Trinajstić information content (AvgIpc) is 2.65. The Morgan fingerprint density at radius 2 is 2.25 bits per heavy atom. The van der Waals surface area contributed by atoms with Gasteiger partial charge in [-0.2, -0.15) is 5.10 Å². The van der Waals surface area contributed by atoms with Gasteiger partial charge in [0.15, 0.2) is 11.6 Å². The fourth-order valence-electron chi connectivity index (χ4n) is 1.14. The Bertz CT molecular complexity index is 505. The lowest BCUT2D eigenvalue weighted by molar-refractivity contribution is 0.210. The molecule has 0 bridgehead atoms. The summed E-state index contributed by atoms with van der Waals surface area (Å²) in [6.07, 6.45) is 2.06. The first-order chi connectivity index (χ1) is 7.65. The van der Waals surface area contributed by atoms with Crippen molar-refractivity contribution in [3.05, 3.63) is 30.5 Å². The van der Waals surface area contributed by atoms with Gasteiger partial charge in [0.2, 0.25) is 0 Å². The molecule has 0 saturated heterocycles. The van der Waals surface area contributed by atoms with Gasteiger partial charge in [0.1, 0.15) is 12.2 Å². The van der Waals surface area contributed by atoms with Gasteiger partial charge in [0.25, 0.3) is 0 Å². The zero-order valence-electron chi connectivity index (χ0n) is 8.49. The molecule has 0 atom stereocenters. The second-order valence-electron chi connectivity index (χ2n) is 3.01. The number of carbonyl (C=O) groups is 1. The molecule has 0 aromatic carbocycles. The molecule has 1 amide bonds. The van der Waals surface area contributed by atoms with Crippen LogP contribution in [0.2, 0.25) is 0 Å². The lowest BCUT2D eigenvalue weighted by Crippen LogP contribution is -2.16. The Morgan fingerprint density at radius 3 is 2.75 bits per heavy atom. The van der Waals surface area contributed by atoms with E-state index in [0.29, 0.717) is 11.6 Å². The van der Waals surface area contributed by atoms with Gasteiger partial charge in [-0.3, -0.25) is 0 Å². The zero-order chi connectivity index (χ0) is 11.5. The number of nitrogens with zero attached hydrogens (tertiary/aromatic N) is 4.